The molecule has 2 rings (SSSR count). The molecule has 0 saturated heterocycles. The van der Waals surface area contributed by atoms with Gasteiger partial charge in [-0.05, 0) is 48.2 Å². The Labute approximate surface area is 127 Å². The molecule has 5 heteroatoms. The van der Waals surface area contributed by atoms with E-state index in [2.05, 4.69) is 5.43 Å². The summed E-state index contributed by atoms with van der Waals surface area (Å²) in [5.74, 6) is 5.20. The highest BCUT2D eigenvalue weighted by Crippen LogP contribution is 2.27. The van der Waals surface area contributed by atoms with E-state index in [1.54, 1.807) is 18.2 Å². The topological polar surface area (TPSA) is 38.0 Å². The molecule has 0 bridgehead atoms. The second kappa shape index (κ2) is 6.55. The van der Waals surface area contributed by atoms with Gasteiger partial charge in [-0.25, -0.2) is 4.39 Å². The van der Waals surface area contributed by atoms with E-state index in [1.807, 2.05) is 19.1 Å². The molecule has 0 saturated carbocycles. The predicted molar refractivity (Wildman–Crippen MR) is 81.4 cm³/mol. The molecule has 2 aromatic rings. The van der Waals surface area contributed by atoms with Crippen LogP contribution in [0.3, 0.4) is 0 Å². The van der Waals surface area contributed by atoms with Gasteiger partial charge in [0.15, 0.2) is 0 Å². The first-order chi connectivity index (χ1) is 9.52. The van der Waals surface area contributed by atoms with E-state index >= 15 is 0 Å². The summed E-state index contributed by atoms with van der Waals surface area (Å²) >= 11 is 11.9. The minimum absolute atomic E-state index is 0.138. The zero-order chi connectivity index (χ0) is 14.7. The Kier molecular flexibility index (Phi) is 5.00. The third-order valence-electron chi connectivity index (χ3n) is 3.26. The normalized spacial score (nSPS) is 12.4. The van der Waals surface area contributed by atoms with Crippen molar-refractivity contribution in [3.05, 3.63) is 69.0 Å². The van der Waals surface area contributed by atoms with Gasteiger partial charge in [0.1, 0.15) is 5.82 Å². The first-order valence-electron chi connectivity index (χ1n) is 6.18. The van der Waals surface area contributed by atoms with E-state index in [0.29, 0.717) is 17.0 Å². The van der Waals surface area contributed by atoms with Crippen LogP contribution in [-0.2, 0) is 6.42 Å². The molecular formula is C15H15Cl2FN2. The number of rotatable bonds is 4. The molecule has 106 valence electrons. The maximum Gasteiger partial charge on any atom is 0.142 e. The zero-order valence-corrected chi connectivity index (χ0v) is 12.5. The molecule has 0 radical (unpaired) electrons. The molecule has 0 amide bonds. The Morgan fingerprint density at radius 3 is 2.65 bits per heavy atom. The number of hydrazine groups is 1. The van der Waals surface area contributed by atoms with Crippen molar-refractivity contribution in [2.75, 3.05) is 0 Å². The van der Waals surface area contributed by atoms with E-state index in [1.165, 1.54) is 6.07 Å². The molecule has 0 aliphatic heterocycles. The van der Waals surface area contributed by atoms with Crippen LogP contribution in [0.1, 0.15) is 22.7 Å². The highest BCUT2D eigenvalue weighted by molar-refractivity contribution is 6.31. The van der Waals surface area contributed by atoms with E-state index in [9.17, 15) is 4.39 Å². The summed E-state index contributed by atoms with van der Waals surface area (Å²) in [6, 6.07) is 10.2. The molecular weight excluding hydrogens is 298 g/mol. The summed E-state index contributed by atoms with van der Waals surface area (Å²) in [5, 5.41) is 0.810. The minimum Gasteiger partial charge on any atom is -0.271 e. The smallest absolute Gasteiger partial charge is 0.142 e. The summed E-state index contributed by atoms with van der Waals surface area (Å²) in [6.45, 7) is 1.96. The number of nitrogens with one attached hydrogen (secondary N) is 1. The molecule has 20 heavy (non-hydrogen) atoms. The van der Waals surface area contributed by atoms with Gasteiger partial charge < -0.3 is 0 Å². The van der Waals surface area contributed by atoms with E-state index < -0.39 is 5.82 Å². The second-order valence-electron chi connectivity index (χ2n) is 4.64. The van der Waals surface area contributed by atoms with Crippen LogP contribution in [0.5, 0.6) is 0 Å². The van der Waals surface area contributed by atoms with Crippen molar-refractivity contribution < 1.29 is 4.39 Å². The van der Waals surface area contributed by atoms with Crippen molar-refractivity contribution in [3.8, 4) is 0 Å². The van der Waals surface area contributed by atoms with Gasteiger partial charge in [-0.2, -0.15) is 0 Å². The standard InChI is InChI=1S/C15H15Cl2FN2/c1-9-7-11(16)5-6-12(9)14(20-19)8-10-3-2-4-13(18)15(10)17/h2-7,14,20H,8,19H2,1H3. The van der Waals surface area contributed by atoms with E-state index in [0.717, 1.165) is 11.1 Å². The lowest BCUT2D eigenvalue weighted by molar-refractivity contribution is 0.546. The lowest BCUT2D eigenvalue weighted by Gasteiger charge is -2.19. The maximum atomic E-state index is 13.5. The fraction of sp³-hybridized carbons (Fsp3) is 0.200. The summed E-state index contributed by atoms with van der Waals surface area (Å²) in [4.78, 5) is 0. The van der Waals surface area contributed by atoms with Gasteiger partial charge >= 0.3 is 0 Å². The quantitative estimate of drug-likeness (QED) is 0.656. The largest absolute Gasteiger partial charge is 0.271 e. The van der Waals surface area contributed by atoms with Crippen LogP contribution in [0.4, 0.5) is 4.39 Å². The Hall–Kier alpha value is -1.13. The molecule has 0 spiro atoms. The van der Waals surface area contributed by atoms with Gasteiger partial charge in [0.2, 0.25) is 0 Å². The number of benzene rings is 2. The Morgan fingerprint density at radius 1 is 1.25 bits per heavy atom. The lowest BCUT2D eigenvalue weighted by Crippen LogP contribution is -2.30. The van der Waals surface area contributed by atoms with Crippen molar-refractivity contribution in [3.63, 3.8) is 0 Å². The third kappa shape index (κ3) is 3.30. The highest BCUT2D eigenvalue weighted by atomic mass is 35.5. The Bertz CT molecular complexity index is 617. The summed E-state index contributed by atoms with van der Waals surface area (Å²) in [7, 11) is 0. The predicted octanol–water partition coefficient (Wildman–Crippen LogP) is 4.19. The number of hydrogen-bond donors (Lipinski definition) is 2. The van der Waals surface area contributed by atoms with Crippen LogP contribution in [0, 0.1) is 12.7 Å². The van der Waals surface area contributed by atoms with Gasteiger partial charge in [-0.15, -0.1) is 0 Å². The maximum absolute atomic E-state index is 13.5. The summed E-state index contributed by atoms with van der Waals surface area (Å²) in [6.07, 6.45) is 0.496. The zero-order valence-electron chi connectivity index (χ0n) is 11.0. The first kappa shape index (κ1) is 15.3. The average Bonchev–Trinajstić information content (AvgIpc) is 2.41. The third-order valence-corrected chi connectivity index (χ3v) is 3.92. The molecule has 0 fully saturated rings. The van der Waals surface area contributed by atoms with E-state index in [4.69, 9.17) is 29.0 Å². The number of nitrogens with two attached hydrogens (primary N) is 1. The summed E-state index contributed by atoms with van der Waals surface area (Å²) in [5.41, 5.74) is 5.49. The number of hydrogen-bond acceptors (Lipinski definition) is 2. The molecule has 1 atom stereocenters. The SMILES string of the molecule is Cc1cc(Cl)ccc1C(Cc1cccc(F)c1Cl)NN. The Morgan fingerprint density at radius 2 is 2.00 bits per heavy atom. The van der Waals surface area contributed by atoms with Crippen LogP contribution in [0.25, 0.3) is 0 Å². The molecule has 0 heterocycles. The van der Waals surface area contributed by atoms with Crippen LogP contribution in [0.2, 0.25) is 10.0 Å². The van der Waals surface area contributed by atoms with Crippen LogP contribution in [0.15, 0.2) is 36.4 Å². The van der Waals surface area contributed by atoms with Crippen molar-refractivity contribution in [2.45, 2.75) is 19.4 Å². The van der Waals surface area contributed by atoms with Crippen LogP contribution in [-0.4, -0.2) is 0 Å². The molecule has 0 aliphatic rings. The molecule has 2 aromatic carbocycles. The van der Waals surface area contributed by atoms with Crippen LogP contribution < -0.4 is 11.3 Å². The lowest BCUT2D eigenvalue weighted by atomic mass is 9.96. The fourth-order valence-corrected chi connectivity index (χ4v) is 2.64. The molecule has 2 nitrogen and oxygen atoms in total. The van der Waals surface area contributed by atoms with Crippen molar-refractivity contribution in [2.24, 2.45) is 5.84 Å². The number of aryl methyl sites for hydroxylation is 1. The van der Waals surface area contributed by atoms with Crippen molar-refractivity contribution in [1.82, 2.24) is 5.43 Å². The van der Waals surface area contributed by atoms with Gasteiger partial charge in [0, 0.05) is 5.02 Å². The molecule has 3 N–H and O–H groups in total. The van der Waals surface area contributed by atoms with Gasteiger partial charge in [-0.3, -0.25) is 11.3 Å². The van der Waals surface area contributed by atoms with E-state index in [-0.39, 0.29) is 11.1 Å². The van der Waals surface area contributed by atoms with Crippen molar-refractivity contribution in [1.29, 1.82) is 0 Å². The van der Waals surface area contributed by atoms with Gasteiger partial charge in [0.25, 0.3) is 0 Å². The van der Waals surface area contributed by atoms with Gasteiger partial charge in [0.05, 0.1) is 11.1 Å². The Balaban J connectivity index is 2.31. The molecule has 1 unspecified atom stereocenters. The monoisotopic (exact) mass is 312 g/mol. The fourth-order valence-electron chi connectivity index (χ4n) is 2.21. The van der Waals surface area contributed by atoms with Crippen molar-refractivity contribution >= 4 is 23.2 Å². The van der Waals surface area contributed by atoms with Crippen LogP contribution >= 0.6 is 23.2 Å². The second-order valence-corrected chi connectivity index (χ2v) is 5.45. The highest BCUT2D eigenvalue weighted by Gasteiger charge is 2.16. The number of halogens is 3. The first-order valence-corrected chi connectivity index (χ1v) is 6.93. The average molecular weight is 313 g/mol. The molecule has 0 aromatic heterocycles. The van der Waals surface area contributed by atoms with Gasteiger partial charge in [-0.1, -0.05) is 41.4 Å². The summed E-state index contributed by atoms with van der Waals surface area (Å²) < 4.78 is 13.5. The minimum atomic E-state index is -0.423. The molecule has 0 aliphatic carbocycles.